The van der Waals surface area contributed by atoms with Gasteiger partial charge < -0.3 is 25.3 Å². The number of morpholine rings is 1. The molecule has 4 N–H and O–H groups in total. The maximum absolute atomic E-state index is 12.8. The number of H-pyrrole nitrogens is 1. The SMILES string of the molecule is O=C(Nc1ccc2[nH]cc([C@@H](C(=O)O)N3CCOCC3)c2c1)[C@H]1CC=CC[C@H]1C(=O)O. The second kappa shape index (κ2) is 8.91. The number of hydrogen-bond donors (Lipinski definition) is 4. The van der Waals surface area contributed by atoms with Gasteiger partial charge in [0.2, 0.25) is 5.91 Å². The quantitative estimate of drug-likeness (QED) is 0.520. The molecule has 1 aliphatic heterocycles. The predicted octanol–water partition coefficient (Wildman–Crippen LogP) is 2.23. The number of carbonyl (C=O) groups excluding carboxylic acids is 1. The van der Waals surface area contributed by atoms with Crippen LogP contribution in [0.1, 0.15) is 24.4 Å². The molecule has 1 fully saturated rings. The summed E-state index contributed by atoms with van der Waals surface area (Å²) in [4.78, 5) is 41.4. The van der Waals surface area contributed by atoms with Crippen molar-refractivity contribution < 1.29 is 29.3 Å². The zero-order chi connectivity index (χ0) is 22.0. The van der Waals surface area contributed by atoms with Crippen molar-refractivity contribution in [3.63, 3.8) is 0 Å². The van der Waals surface area contributed by atoms with Gasteiger partial charge in [-0.2, -0.15) is 0 Å². The molecule has 0 saturated carbocycles. The molecule has 1 aromatic carbocycles. The Hall–Kier alpha value is -3.17. The molecule has 9 heteroatoms. The molecule has 0 spiro atoms. The second-order valence-electron chi connectivity index (χ2n) is 7.88. The molecule has 1 amide bonds. The third kappa shape index (κ3) is 4.33. The Bertz CT molecular complexity index is 1020. The highest BCUT2D eigenvalue weighted by Crippen LogP contribution is 2.32. The number of benzene rings is 1. The van der Waals surface area contributed by atoms with E-state index in [1.807, 2.05) is 11.0 Å². The highest BCUT2D eigenvalue weighted by Gasteiger charge is 2.34. The Labute approximate surface area is 178 Å². The van der Waals surface area contributed by atoms with Crippen LogP contribution >= 0.6 is 0 Å². The first-order chi connectivity index (χ1) is 15.0. The van der Waals surface area contributed by atoms with Crippen LogP contribution in [0.3, 0.4) is 0 Å². The van der Waals surface area contributed by atoms with E-state index in [1.165, 1.54) is 0 Å². The summed E-state index contributed by atoms with van der Waals surface area (Å²) in [5.74, 6) is -3.69. The number of fused-ring (bicyclic) bond motifs is 1. The molecule has 31 heavy (non-hydrogen) atoms. The molecule has 3 atom stereocenters. The van der Waals surface area contributed by atoms with Gasteiger partial charge in [-0.05, 0) is 31.0 Å². The largest absolute Gasteiger partial charge is 0.481 e. The first-order valence-corrected chi connectivity index (χ1v) is 10.3. The second-order valence-corrected chi connectivity index (χ2v) is 7.88. The minimum absolute atomic E-state index is 0.328. The van der Waals surface area contributed by atoms with E-state index >= 15 is 0 Å². The number of carbonyl (C=O) groups is 3. The number of nitrogens with one attached hydrogen (secondary N) is 2. The van der Waals surface area contributed by atoms with Crippen LogP contribution in [0.4, 0.5) is 5.69 Å². The molecular formula is C22H25N3O6. The van der Waals surface area contributed by atoms with Crippen LogP contribution in [0.25, 0.3) is 10.9 Å². The number of ether oxygens (including phenoxy) is 1. The highest BCUT2D eigenvalue weighted by molar-refractivity contribution is 5.98. The smallest absolute Gasteiger partial charge is 0.325 e. The third-order valence-electron chi connectivity index (χ3n) is 6.01. The summed E-state index contributed by atoms with van der Waals surface area (Å²) in [7, 11) is 0. The van der Waals surface area contributed by atoms with Gasteiger partial charge in [-0.25, -0.2) is 0 Å². The maximum atomic E-state index is 12.8. The molecule has 0 unspecified atom stereocenters. The lowest BCUT2D eigenvalue weighted by Gasteiger charge is -2.31. The van der Waals surface area contributed by atoms with Crippen LogP contribution in [-0.4, -0.2) is 64.2 Å². The fraction of sp³-hybridized carbons (Fsp3) is 0.409. The van der Waals surface area contributed by atoms with E-state index in [-0.39, 0.29) is 5.91 Å². The average Bonchev–Trinajstić information content (AvgIpc) is 3.17. The van der Waals surface area contributed by atoms with Crippen molar-refractivity contribution in [3.05, 3.63) is 42.1 Å². The van der Waals surface area contributed by atoms with Crippen molar-refractivity contribution in [3.8, 4) is 0 Å². The molecule has 2 aliphatic rings. The Balaban J connectivity index is 1.60. The maximum Gasteiger partial charge on any atom is 0.325 e. The van der Waals surface area contributed by atoms with Gasteiger partial charge in [0.25, 0.3) is 0 Å². The van der Waals surface area contributed by atoms with E-state index in [4.69, 9.17) is 4.74 Å². The van der Waals surface area contributed by atoms with Crippen molar-refractivity contribution in [2.45, 2.75) is 18.9 Å². The molecule has 1 aliphatic carbocycles. The number of carboxylic acids is 2. The fourth-order valence-electron chi connectivity index (χ4n) is 4.38. The number of anilines is 1. The van der Waals surface area contributed by atoms with Gasteiger partial charge in [-0.3, -0.25) is 19.3 Å². The molecule has 0 bridgehead atoms. The van der Waals surface area contributed by atoms with Crippen LogP contribution < -0.4 is 5.32 Å². The standard InChI is InChI=1S/C22H25N3O6/c26-20(14-3-1-2-4-15(14)21(27)28)24-13-5-6-18-16(11-13)17(12-23-18)19(22(29)30)25-7-9-31-10-8-25/h1-2,5-6,11-12,14-15,19,23H,3-4,7-10H2,(H,24,26)(H,27,28)(H,29,30)/t14-,15+,19-/m0/s1. The van der Waals surface area contributed by atoms with Gasteiger partial charge in [-0.15, -0.1) is 0 Å². The minimum Gasteiger partial charge on any atom is -0.481 e. The fourth-order valence-corrected chi connectivity index (χ4v) is 4.38. The summed E-state index contributed by atoms with van der Waals surface area (Å²) >= 11 is 0. The Morgan fingerprint density at radius 1 is 1.10 bits per heavy atom. The summed E-state index contributed by atoms with van der Waals surface area (Å²) in [5.41, 5.74) is 1.88. The summed E-state index contributed by atoms with van der Waals surface area (Å²) < 4.78 is 5.34. The van der Waals surface area contributed by atoms with E-state index < -0.39 is 29.8 Å². The van der Waals surface area contributed by atoms with Crippen molar-refractivity contribution >= 4 is 34.4 Å². The van der Waals surface area contributed by atoms with Crippen LogP contribution in [0.5, 0.6) is 0 Å². The lowest BCUT2D eigenvalue weighted by Crippen LogP contribution is -2.42. The summed E-state index contributed by atoms with van der Waals surface area (Å²) in [6.07, 6.45) is 6.01. The zero-order valence-electron chi connectivity index (χ0n) is 16.9. The lowest BCUT2D eigenvalue weighted by atomic mass is 9.82. The van der Waals surface area contributed by atoms with E-state index in [2.05, 4.69) is 10.3 Å². The van der Waals surface area contributed by atoms with Gasteiger partial charge in [0.05, 0.1) is 25.0 Å². The van der Waals surface area contributed by atoms with Gasteiger partial charge in [0.1, 0.15) is 6.04 Å². The third-order valence-corrected chi connectivity index (χ3v) is 6.01. The van der Waals surface area contributed by atoms with Crippen molar-refractivity contribution in [2.24, 2.45) is 11.8 Å². The van der Waals surface area contributed by atoms with E-state index in [0.29, 0.717) is 55.8 Å². The normalized spacial score (nSPS) is 22.8. The van der Waals surface area contributed by atoms with Gasteiger partial charge >= 0.3 is 11.9 Å². The van der Waals surface area contributed by atoms with Crippen molar-refractivity contribution in [2.75, 3.05) is 31.6 Å². The molecule has 9 nitrogen and oxygen atoms in total. The molecule has 164 valence electrons. The van der Waals surface area contributed by atoms with E-state index in [1.54, 1.807) is 30.5 Å². The topological polar surface area (TPSA) is 132 Å². The molecule has 2 aromatic rings. The number of hydrogen-bond acceptors (Lipinski definition) is 5. The number of aromatic nitrogens is 1. The number of nitrogens with zero attached hydrogens (tertiary/aromatic N) is 1. The molecule has 4 rings (SSSR count). The highest BCUT2D eigenvalue weighted by atomic mass is 16.5. The first-order valence-electron chi connectivity index (χ1n) is 10.3. The van der Waals surface area contributed by atoms with Crippen molar-refractivity contribution in [1.82, 2.24) is 9.88 Å². The number of carboxylic acid groups (broad SMARTS) is 2. The van der Waals surface area contributed by atoms with E-state index in [0.717, 1.165) is 5.52 Å². The number of allylic oxidation sites excluding steroid dienone is 2. The van der Waals surface area contributed by atoms with Gasteiger partial charge in [-0.1, -0.05) is 12.2 Å². The monoisotopic (exact) mass is 427 g/mol. The van der Waals surface area contributed by atoms with Crippen molar-refractivity contribution in [1.29, 1.82) is 0 Å². The number of amides is 1. The average molecular weight is 427 g/mol. The summed E-state index contributed by atoms with van der Waals surface area (Å²) in [6.45, 7) is 2.00. The van der Waals surface area contributed by atoms with Crippen LogP contribution in [0, 0.1) is 11.8 Å². The Morgan fingerprint density at radius 3 is 2.48 bits per heavy atom. The van der Waals surface area contributed by atoms with Gasteiger partial charge in [0.15, 0.2) is 0 Å². The summed E-state index contributed by atoms with van der Waals surface area (Å²) in [5, 5.41) is 22.8. The molecular weight excluding hydrogens is 402 g/mol. The lowest BCUT2D eigenvalue weighted by molar-refractivity contribution is -0.146. The van der Waals surface area contributed by atoms with Crippen LogP contribution in [0.2, 0.25) is 0 Å². The molecule has 1 aromatic heterocycles. The number of aromatic amines is 1. The van der Waals surface area contributed by atoms with Gasteiger partial charge in [0, 0.05) is 41.4 Å². The van der Waals surface area contributed by atoms with E-state index in [9.17, 15) is 24.6 Å². The first kappa shape index (κ1) is 21.1. The number of aliphatic carboxylic acids is 2. The Kier molecular flexibility index (Phi) is 6.06. The molecule has 2 heterocycles. The predicted molar refractivity (Wildman–Crippen MR) is 113 cm³/mol. The minimum atomic E-state index is -0.984. The Morgan fingerprint density at radius 2 is 1.81 bits per heavy atom. The summed E-state index contributed by atoms with van der Waals surface area (Å²) in [6, 6.07) is 4.41. The van der Waals surface area contributed by atoms with Crippen LogP contribution in [0.15, 0.2) is 36.5 Å². The molecule has 1 saturated heterocycles. The van der Waals surface area contributed by atoms with Crippen LogP contribution in [-0.2, 0) is 19.1 Å². The number of rotatable bonds is 6. The molecule has 0 radical (unpaired) electrons. The zero-order valence-corrected chi connectivity index (χ0v) is 16.9.